The van der Waals surface area contributed by atoms with Crippen LogP contribution in [0.4, 0.5) is 0 Å². The Morgan fingerprint density at radius 1 is 1.19 bits per heavy atom. The first-order chi connectivity index (χ1) is 12.7. The molecule has 1 aromatic rings. The molecule has 0 bridgehead atoms. The smallest absolute Gasteiger partial charge is 0.227 e. The van der Waals surface area contributed by atoms with Crippen LogP contribution in [-0.4, -0.2) is 66.6 Å². The largest absolute Gasteiger partial charge is 0.381 e. The molecule has 5 nitrogen and oxygen atoms in total. The molecule has 3 aliphatic heterocycles. The summed E-state index contributed by atoms with van der Waals surface area (Å²) in [5.41, 5.74) is 1.50. The van der Waals surface area contributed by atoms with E-state index >= 15 is 0 Å². The Hall–Kier alpha value is -1.46. The Balaban J connectivity index is 1.22. The van der Waals surface area contributed by atoms with Crippen molar-refractivity contribution in [1.29, 1.82) is 0 Å². The fraction of sp³-hybridized carbons (Fsp3) is 0.714. The SMILES string of the molecule is O=C(Cc1cccnc1)N1CCC2(CCN(CC3CCOC3)CC2)CC1. The van der Waals surface area contributed by atoms with Gasteiger partial charge in [-0.3, -0.25) is 9.78 Å². The number of ether oxygens (including phenoxy) is 1. The molecule has 26 heavy (non-hydrogen) atoms. The normalized spacial score (nSPS) is 26.3. The zero-order valence-corrected chi connectivity index (χ0v) is 15.7. The molecule has 142 valence electrons. The summed E-state index contributed by atoms with van der Waals surface area (Å²) in [7, 11) is 0. The Morgan fingerprint density at radius 2 is 1.96 bits per heavy atom. The first kappa shape index (κ1) is 17.9. The maximum Gasteiger partial charge on any atom is 0.227 e. The van der Waals surface area contributed by atoms with Gasteiger partial charge in [-0.1, -0.05) is 6.07 Å². The second-order valence-electron chi connectivity index (χ2n) is 8.45. The van der Waals surface area contributed by atoms with Crippen molar-refractivity contribution in [3.8, 4) is 0 Å². The summed E-state index contributed by atoms with van der Waals surface area (Å²) in [5.74, 6) is 1.00. The van der Waals surface area contributed by atoms with E-state index in [1.165, 1.54) is 51.7 Å². The van der Waals surface area contributed by atoms with E-state index in [2.05, 4.69) is 14.8 Å². The zero-order valence-electron chi connectivity index (χ0n) is 15.7. The van der Waals surface area contributed by atoms with E-state index in [1.807, 2.05) is 12.1 Å². The van der Waals surface area contributed by atoms with E-state index in [0.717, 1.165) is 37.8 Å². The number of aromatic nitrogens is 1. The zero-order chi connectivity index (χ0) is 17.8. The number of rotatable bonds is 4. The molecule has 1 amide bonds. The van der Waals surface area contributed by atoms with Gasteiger partial charge in [0.1, 0.15) is 0 Å². The van der Waals surface area contributed by atoms with E-state index in [9.17, 15) is 4.79 Å². The Labute approximate surface area is 156 Å². The van der Waals surface area contributed by atoms with Crippen LogP contribution in [0.15, 0.2) is 24.5 Å². The molecule has 4 rings (SSSR count). The third-order valence-corrected chi connectivity index (χ3v) is 6.71. The second kappa shape index (κ2) is 8.05. The molecule has 0 saturated carbocycles. The molecule has 3 aliphatic rings. The van der Waals surface area contributed by atoms with Gasteiger partial charge >= 0.3 is 0 Å². The lowest BCUT2D eigenvalue weighted by Gasteiger charge is -2.47. The third kappa shape index (κ3) is 4.26. The Bertz CT molecular complexity index is 583. The highest BCUT2D eigenvalue weighted by Crippen LogP contribution is 2.41. The Kier molecular flexibility index (Phi) is 5.55. The lowest BCUT2D eigenvalue weighted by molar-refractivity contribution is -0.133. The number of piperidine rings is 2. The van der Waals surface area contributed by atoms with E-state index < -0.39 is 0 Å². The van der Waals surface area contributed by atoms with Gasteiger partial charge in [-0.15, -0.1) is 0 Å². The van der Waals surface area contributed by atoms with Crippen LogP contribution < -0.4 is 0 Å². The number of likely N-dealkylation sites (tertiary alicyclic amines) is 2. The van der Waals surface area contributed by atoms with Crippen LogP contribution in [0.2, 0.25) is 0 Å². The number of hydrogen-bond acceptors (Lipinski definition) is 4. The lowest BCUT2D eigenvalue weighted by atomic mass is 9.71. The van der Waals surface area contributed by atoms with Crippen LogP contribution in [0.1, 0.15) is 37.7 Å². The van der Waals surface area contributed by atoms with Gasteiger partial charge in [0.25, 0.3) is 0 Å². The van der Waals surface area contributed by atoms with Gasteiger partial charge in [0, 0.05) is 38.6 Å². The van der Waals surface area contributed by atoms with Gasteiger partial charge in [-0.2, -0.15) is 0 Å². The summed E-state index contributed by atoms with van der Waals surface area (Å²) in [6, 6.07) is 3.89. The lowest BCUT2D eigenvalue weighted by Crippen LogP contribution is -2.49. The van der Waals surface area contributed by atoms with Crippen LogP contribution in [-0.2, 0) is 16.0 Å². The highest BCUT2D eigenvalue weighted by molar-refractivity contribution is 5.78. The molecule has 3 saturated heterocycles. The van der Waals surface area contributed by atoms with Crippen molar-refractivity contribution in [1.82, 2.24) is 14.8 Å². The van der Waals surface area contributed by atoms with Crippen LogP contribution >= 0.6 is 0 Å². The van der Waals surface area contributed by atoms with E-state index in [0.29, 0.717) is 11.8 Å². The predicted octanol–water partition coefficient (Wildman–Crippen LogP) is 2.37. The number of carbonyl (C=O) groups is 1. The first-order valence-electron chi connectivity index (χ1n) is 10.2. The molecule has 1 unspecified atom stereocenters. The minimum Gasteiger partial charge on any atom is -0.381 e. The van der Waals surface area contributed by atoms with Crippen molar-refractivity contribution in [2.45, 2.75) is 38.5 Å². The van der Waals surface area contributed by atoms with Crippen LogP contribution in [0.25, 0.3) is 0 Å². The van der Waals surface area contributed by atoms with Crippen molar-refractivity contribution in [3.05, 3.63) is 30.1 Å². The minimum absolute atomic E-state index is 0.256. The topological polar surface area (TPSA) is 45.7 Å². The quantitative estimate of drug-likeness (QED) is 0.830. The molecular weight excluding hydrogens is 326 g/mol. The standard InChI is InChI=1S/C21H31N3O2/c25-20(14-18-2-1-8-22-15-18)24-11-6-21(7-12-24)4-9-23(10-5-21)16-19-3-13-26-17-19/h1-2,8,15,19H,3-7,9-14,16-17H2. The van der Waals surface area contributed by atoms with Crippen LogP contribution in [0.5, 0.6) is 0 Å². The molecule has 0 N–H and O–H groups in total. The minimum atomic E-state index is 0.256. The van der Waals surface area contributed by atoms with Gasteiger partial charge < -0.3 is 14.5 Å². The van der Waals surface area contributed by atoms with Crippen molar-refractivity contribution < 1.29 is 9.53 Å². The summed E-state index contributed by atoms with van der Waals surface area (Å²) in [5, 5.41) is 0. The van der Waals surface area contributed by atoms with Gasteiger partial charge in [0.15, 0.2) is 0 Å². The fourth-order valence-electron chi connectivity index (χ4n) is 4.82. The van der Waals surface area contributed by atoms with E-state index in [-0.39, 0.29) is 5.91 Å². The van der Waals surface area contributed by atoms with Crippen molar-refractivity contribution in [2.24, 2.45) is 11.3 Å². The van der Waals surface area contributed by atoms with Crippen molar-refractivity contribution in [2.75, 3.05) is 45.9 Å². The molecule has 1 atom stereocenters. The summed E-state index contributed by atoms with van der Waals surface area (Å²) >= 11 is 0. The van der Waals surface area contributed by atoms with Gasteiger partial charge in [0.2, 0.25) is 5.91 Å². The number of nitrogens with zero attached hydrogens (tertiary/aromatic N) is 3. The number of carbonyl (C=O) groups excluding carboxylic acids is 1. The average molecular weight is 357 g/mol. The number of pyridine rings is 1. The molecule has 0 aromatic carbocycles. The van der Waals surface area contributed by atoms with Crippen molar-refractivity contribution >= 4 is 5.91 Å². The monoisotopic (exact) mass is 357 g/mol. The summed E-state index contributed by atoms with van der Waals surface area (Å²) < 4.78 is 5.52. The van der Waals surface area contributed by atoms with Crippen LogP contribution in [0.3, 0.4) is 0 Å². The molecule has 3 fully saturated rings. The molecule has 0 radical (unpaired) electrons. The third-order valence-electron chi connectivity index (χ3n) is 6.71. The maximum absolute atomic E-state index is 12.6. The van der Waals surface area contributed by atoms with Crippen molar-refractivity contribution in [3.63, 3.8) is 0 Å². The maximum atomic E-state index is 12.6. The Morgan fingerprint density at radius 3 is 2.62 bits per heavy atom. The first-order valence-corrected chi connectivity index (χ1v) is 10.2. The summed E-state index contributed by atoms with van der Waals surface area (Å²) in [4.78, 5) is 21.4. The fourth-order valence-corrected chi connectivity index (χ4v) is 4.82. The number of hydrogen-bond donors (Lipinski definition) is 0. The molecule has 5 heteroatoms. The highest BCUT2D eigenvalue weighted by Gasteiger charge is 2.38. The average Bonchev–Trinajstić information content (AvgIpc) is 3.18. The second-order valence-corrected chi connectivity index (χ2v) is 8.45. The number of amides is 1. The van der Waals surface area contributed by atoms with E-state index in [1.54, 1.807) is 12.4 Å². The van der Waals surface area contributed by atoms with Gasteiger partial charge in [-0.25, -0.2) is 0 Å². The van der Waals surface area contributed by atoms with Crippen LogP contribution in [0, 0.1) is 11.3 Å². The van der Waals surface area contributed by atoms with Gasteiger partial charge in [0.05, 0.1) is 13.0 Å². The molecular formula is C21H31N3O2. The molecule has 1 aromatic heterocycles. The van der Waals surface area contributed by atoms with E-state index in [4.69, 9.17) is 4.74 Å². The summed E-state index contributed by atoms with van der Waals surface area (Å²) in [6.07, 6.45) is 10.2. The molecule has 0 aliphatic carbocycles. The van der Waals surface area contributed by atoms with Gasteiger partial charge in [-0.05, 0) is 68.2 Å². The highest BCUT2D eigenvalue weighted by atomic mass is 16.5. The molecule has 1 spiro atoms. The molecule has 4 heterocycles. The summed E-state index contributed by atoms with van der Waals surface area (Å²) in [6.45, 7) is 7.41. The predicted molar refractivity (Wildman–Crippen MR) is 101 cm³/mol.